The van der Waals surface area contributed by atoms with Crippen molar-refractivity contribution in [3.05, 3.63) is 47.2 Å². The van der Waals surface area contributed by atoms with Crippen LogP contribution in [0, 0.1) is 13.8 Å². The molecule has 100 valence electrons. The summed E-state index contributed by atoms with van der Waals surface area (Å²) >= 11 is 5.52. The van der Waals surface area contributed by atoms with E-state index in [-0.39, 0.29) is 5.91 Å². The number of aryl methyl sites for hydroxylation is 2. The van der Waals surface area contributed by atoms with Crippen LogP contribution in [0.5, 0.6) is 0 Å². The highest BCUT2D eigenvalue weighted by molar-refractivity contribution is 6.18. The lowest BCUT2D eigenvalue weighted by Crippen LogP contribution is -2.24. The van der Waals surface area contributed by atoms with E-state index in [4.69, 9.17) is 16.0 Å². The van der Waals surface area contributed by atoms with Gasteiger partial charge < -0.3 is 9.73 Å². The van der Waals surface area contributed by atoms with Gasteiger partial charge in [0.1, 0.15) is 5.76 Å². The summed E-state index contributed by atoms with van der Waals surface area (Å²) in [5.41, 5.74) is 3.31. The van der Waals surface area contributed by atoms with Crippen molar-refractivity contribution in [2.24, 2.45) is 0 Å². The number of amides is 1. The first-order valence-corrected chi connectivity index (χ1v) is 6.66. The molecule has 3 nitrogen and oxygen atoms in total. The van der Waals surface area contributed by atoms with Gasteiger partial charge in [0.25, 0.3) is 5.91 Å². The van der Waals surface area contributed by atoms with Crippen molar-refractivity contribution in [2.75, 3.05) is 12.4 Å². The minimum Gasteiger partial charge on any atom is -0.451 e. The third kappa shape index (κ3) is 3.38. The number of benzene rings is 1. The molecule has 4 heteroatoms. The molecule has 1 aromatic heterocycles. The number of carbonyl (C=O) groups excluding carboxylic acids is 1. The smallest absolute Gasteiger partial charge is 0.287 e. The third-order valence-electron chi connectivity index (χ3n) is 2.72. The molecule has 0 aliphatic rings. The van der Waals surface area contributed by atoms with Crippen LogP contribution in [-0.2, 0) is 0 Å². The summed E-state index contributed by atoms with van der Waals surface area (Å²) < 4.78 is 5.58. The van der Waals surface area contributed by atoms with Gasteiger partial charge in [-0.15, -0.1) is 11.6 Å². The van der Waals surface area contributed by atoms with Crippen LogP contribution in [0.25, 0.3) is 11.3 Å². The Labute approximate surface area is 117 Å². The standard InChI is InChI=1S/C15H16ClNO2/c1-10-7-11(2)9-12(8-10)13-3-4-14(19-13)15(18)17-6-5-16/h3-4,7-9H,5-6H2,1-2H3,(H,17,18). The molecule has 0 spiro atoms. The van der Waals surface area contributed by atoms with Crippen molar-refractivity contribution in [2.45, 2.75) is 13.8 Å². The van der Waals surface area contributed by atoms with Crippen LogP contribution < -0.4 is 5.32 Å². The molecule has 19 heavy (non-hydrogen) atoms. The Bertz CT molecular complexity index is 569. The molecular formula is C15H16ClNO2. The van der Waals surface area contributed by atoms with Crippen LogP contribution in [0.2, 0.25) is 0 Å². The Balaban J connectivity index is 2.23. The fourth-order valence-electron chi connectivity index (χ4n) is 1.98. The summed E-state index contributed by atoms with van der Waals surface area (Å²) in [6, 6.07) is 9.65. The molecule has 0 bridgehead atoms. The average Bonchev–Trinajstić information content (AvgIpc) is 2.84. The number of nitrogens with one attached hydrogen (secondary N) is 1. The van der Waals surface area contributed by atoms with E-state index in [9.17, 15) is 4.79 Å². The van der Waals surface area contributed by atoms with E-state index < -0.39 is 0 Å². The van der Waals surface area contributed by atoms with E-state index in [2.05, 4.69) is 11.4 Å². The van der Waals surface area contributed by atoms with Crippen LogP contribution >= 0.6 is 11.6 Å². The second kappa shape index (κ2) is 5.93. The molecule has 0 saturated carbocycles. The van der Waals surface area contributed by atoms with Crippen molar-refractivity contribution in [1.82, 2.24) is 5.32 Å². The molecule has 0 unspecified atom stereocenters. The normalized spacial score (nSPS) is 10.5. The van der Waals surface area contributed by atoms with E-state index in [1.165, 1.54) is 11.1 Å². The summed E-state index contributed by atoms with van der Waals surface area (Å²) in [6.45, 7) is 4.50. The van der Waals surface area contributed by atoms with Crippen molar-refractivity contribution in [3.63, 3.8) is 0 Å². The fourth-order valence-corrected chi connectivity index (χ4v) is 2.07. The number of halogens is 1. The Morgan fingerprint density at radius 2 is 1.89 bits per heavy atom. The van der Waals surface area contributed by atoms with Crippen molar-refractivity contribution >= 4 is 17.5 Å². The van der Waals surface area contributed by atoms with Gasteiger partial charge in [-0.25, -0.2) is 0 Å². The molecule has 1 heterocycles. The molecule has 0 saturated heterocycles. The predicted octanol–water partition coefficient (Wildman–Crippen LogP) is 3.53. The van der Waals surface area contributed by atoms with Gasteiger partial charge in [-0.1, -0.05) is 17.2 Å². The average molecular weight is 278 g/mol. The van der Waals surface area contributed by atoms with Gasteiger partial charge in [0.2, 0.25) is 0 Å². The Kier molecular flexibility index (Phi) is 4.27. The van der Waals surface area contributed by atoms with E-state index in [0.29, 0.717) is 23.9 Å². The monoisotopic (exact) mass is 277 g/mol. The molecule has 0 aliphatic carbocycles. The molecule has 1 aromatic carbocycles. The highest BCUT2D eigenvalue weighted by Gasteiger charge is 2.11. The van der Waals surface area contributed by atoms with Gasteiger partial charge in [0, 0.05) is 18.0 Å². The summed E-state index contributed by atoms with van der Waals surface area (Å²) in [7, 11) is 0. The highest BCUT2D eigenvalue weighted by Crippen LogP contribution is 2.24. The van der Waals surface area contributed by atoms with Gasteiger partial charge in [-0.05, 0) is 38.1 Å². The van der Waals surface area contributed by atoms with E-state index in [1.807, 2.05) is 32.0 Å². The lowest BCUT2D eigenvalue weighted by molar-refractivity contribution is 0.0929. The number of rotatable bonds is 4. The van der Waals surface area contributed by atoms with Gasteiger partial charge in [0.05, 0.1) is 0 Å². The SMILES string of the molecule is Cc1cc(C)cc(-c2ccc(C(=O)NCCCl)o2)c1. The van der Waals surface area contributed by atoms with E-state index in [0.717, 1.165) is 5.56 Å². The second-order valence-corrected chi connectivity index (χ2v) is 4.86. The quantitative estimate of drug-likeness (QED) is 0.869. The maximum atomic E-state index is 11.7. The highest BCUT2D eigenvalue weighted by atomic mass is 35.5. The topological polar surface area (TPSA) is 42.2 Å². The molecule has 0 atom stereocenters. The zero-order chi connectivity index (χ0) is 13.8. The minimum atomic E-state index is -0.240. The maximum absolute atomic E-state index is 11.7. The summed E-state index contributed by atoms with van der Waals surface area (Å²) in [5, 5.41) is 2.67. The number of carbonyl (C=O) groups is 1. The predicted molar refractivity (Wildman–Crippen MR) is 76.7 cm³/mol. The summed E-state index contributed by atoms with van der Waals surface area (Å²) in [5.74, 6) is 1.15. The molecular weight excluding hydrogens is 262 g/mol. The molecule has 0 radical (unpaired) electrons. The van der Waals surface area contributed by atoms with Gasteiger partial charge in [0.15, 0.2) is 5.76 Å². The number of furan rings is 1. The Hall–Kier alpha value is -1.74. The molecule has 2 aromatic rings. The summed E-state index contributed by atoms with van der Waals surface area (Å²) in [4.78, 5) is 11.7. The van der Waals surface area contributed by atoms with Crippen LogP contribution in [0.1, 0.15) is 21.7 Å². The lowest BCUT2D eigenvalue weighted by atomic mass is 10.1. The van der Waals surface area contributed by atoms with Crippen LogP contribution in [0.4, 0.5) is 0 Å². The third-order valence-corrected chi connectivity index (χ3v) is 2.91. The Morgan fingerprint density at radius 3 is 2.53 bits per heavy atom. The molecule has 1 amide bonds. The molecule has 0 aliphatic heterocycles. The molecule has 0 fully saturated rings. The number of hydrogen-bond donors (Lipinski definition) is 1. The largest absolute Gasteiger partial charge is 0.451 e. The first-order chi connectivity index (χ1) is 9.10. The minimum absolute atomic E-state index is 0.240. The summed E-state index contributed by atoms with van der Waals surface area (Å²) in [6.07, 6.45) is 0. The van der Waals surface area contributed by atoms with E-state index >= 15 is 0 Å². The van der Waals surface area contributed by atoms with Gasteiger partial charge in [-0.2, -0.15) is 0 Å². The zero-order valence-electron chi connectivity index (χ0n) is 11.0. The first kappa shape index (κ1) is 13.7. The van der Waals surface area contributed by atoms with Gasteiger partial charge in [-0.3, -0.25) is 4.79 Å². The first-order valence-electron chi connectivity index (χ1n) is 6.13. The van der Waals surface area contributed by atoms with Gasteiger partial charge >= 0.3 is 0 Å². The maximum Gasteiger partial charge on any atom is 0.287 e. The Morgan fingerprint density at radius 1 is 1.21 bits per heavy atom. The van der Waals surface area contributed by atoms with E-state index in [1.54, 1.807) is 6.07 Å². The fraction of sp³-hybridized carbons (Fsp3) is 0.267. The molecule has 1 N–H and O–H groups in total. The number of alkyl halides is 1. The second-order valence-electron chi connectivity index (χ2n) is 4.49. The lowest BCUT2D eigenvalue weighted by Gasteiger charge is -2.02. The number of hydrogen-bond acceptors (Lipinski definition) is 2. The molecule has 2 rings (SSSR count). The van der Waals surface area contributed by atoms with Crippen LogP contribution in [0.3, 0.4) is 0 Å². The van der Waals surface area contributed by atoms with Crippen molar-refractivity contribution < 1.29 is 9.21 Å². The van der Waals surface area contributed by atoms with Crippen LogP contribution in [0.15, 0.2) is 34.7 Å². The van der Waals surface area contributed by atoms with Crippen LogP contribution in [-0.4, -0.2) is 18.3 Å². The van der Waals surface area contributed by atoms with Crippen molar-refractivity contribution in [1.29, 1.82) is 0 Å². The van der Waals surface area contributed by atoms with Crippen molar-refractivity contribution in [3.8, 4) is 11.3 Å². The zero-order valence-corrected chi connectivity index (χ0v) is 11.8.